The van der Waals surface area contributed by atoms with Crippen molar-refractivity contribution in [1.29, 1.82) is 0 Å². The Labute approximate surface area is 290 Å². The van der Waals surface area contributed by atoms with Crippen LogP contribution in [0.2, 0.25) is 0 Å². The second-order valence-electron chi connectivity index (χ2n) is 16.2. The van der Waals surface area contributed by atoms with Crippen LogP contribution in [0.5, 0.6) is 0 Å². The molecule has 282 valence electrons. The number of carbonyl (C=O) groups excluding carboxylic acids is 2. The molecule has 50 heavy (non-hydrogen) atoms. The third kappa shape index (κ3) is 5.54. The zero-order valence-electron chi connectivity index (χ0n) is 28.4. The number of esters is 1. The summed E-state index contributed by atoms with van der Waals surface area (Å²) in [5.41, 5.74) is -1.88. The van der Waals surface area contributed by atoms with Crippen LogP contribution in [0.3, 0.4) is 0 Å². The van der Waals surface area contributed by atoms with E-state index in [2.05, 4.69) is 0 Å². The molecule has 0 aromatic carbocycles. The van der Waals surface area contributed by atoms with Gasteiger partial charge in [0.25, 0.3) is 0 Å². The Balaban J connectivity index is 1.01. The van der Waals surface area contributed by atoms with Crippen LogP contribution >= 0.6 is 0 Å². The van der Waals surface area contributed by atoms with E-state index in [9.17, 15) is 50.4 Å². The maximum absolute atomic E-state index is 13.1. The lowest BCUT2D eigenvalue weighted by molar-refractivity contribution is -0.360. The lowest BCUT2D eigenvalue weighted by Crippen LogP contribution is -2.64. The zero-order chi connectivity index (χ0) is 35.9. The predicted molar refractivity (Wildman–Crippen MR) is 167 cm³/mol. The number of aldehydes is 1. The highest BCUT2D eigenvalue weighted by molar-refractivity contribution is 5.85. The minimum absolute atomic E-state index is 0.0519. The third-order valence-electron chi connectivity index (χ3n) is 13.9. The number of fused-ring (bicyclic) bond motifs is 5. The topological polar surface area (TPSA) is 242 Å². The molecule has 8 N–H and O–H groups in total. The van der Waals surface area contributed by atoms with Gasteiger partial charge in [-0.25, -0.2) is 4.79 Å². The highest BCUT2D eigenvalue weighted by Crippen LogP contribution is 2.69. The molecular formula is C35H52O15. The summed E-state index contributed by atoms with van der Waals surface area (Å²) in [6.45, 7) is 3.05. The average Bonchev–Trinajstić information content (AvgIpc) is 3.60. The van der Waals surface area contributed by atoms with Crippen LogP contribution in [-0.4, -0.2) is 146 Å². The molecule has 6 fully saturated rings. The van der Waals surface area contributed by atoms with Gasteiger partial charge in [0, 0.05) is 29.2 Å². The van der Waals surface area contributed by atoms with Crippen LogP contribution in [0.15, 0.2) is 11.6 Å². The highest BCUT2D eigenvalue weighted by Gasteiger charge is 2.71. The van der Waals surface area contributed by atoms with Gasteiger partial charge >= 0.3 is 5.97 Å². The quantitative estimate of drug-likeness (QED) is 0.0845. The standard InChI is InChI=1S/C35H52O15/c1-15-30(50-32-28(43)26(41)25(40)22(12-36)49-32)27(42)29(44)31(47-15)48-18-5-8-34(14-37)17(10-18)3-4-20-19(34)6-7-33(2)24(16-9-23(39)46-13-16)21(38)11-35(20,33)45/h9,14-15,17-22,24-32,36,38,40-45H,3-8,10-13H2,1-2H3/t15-,17-,18-,19+,20-,21-,22+,24+,25+,26-,27-,28-,29+,30-,31-,32-,33+,34+,35-/m0/s1. The van der Waals surface area contributed by atoms with Gasteiger partial charge in [0.2, 0.25) is 0 Å². The van der Waals surface area contributed by atoms with Gasteiger partial charge in [0.15, 0.2) is 12.6 Å². The number of carbonyl (C=O) groups is 2. The Morgan fingerprint density at radius 1 is 0.900 bits per heavy atom. The minimum Gasteiger partial charge on any atom is -0.458 e. The predicted octanol–water partition coefficient (Wildman–Crippen LogP) is -1.57. The van der Waals surface area contributed by atoms with Gasteiger partial charge in [-0.3, -0.25) is 0 Å². The third-order valence-corrected chi connectivity index (χ3v) is 13.9. The lowest BCUT2D eigenvalue weighted by atomic mass is 9.43. The number of hydrogen-bond donors (Lipinski definition) is 8. The summed E-state index contributed by atoms with van der Waals surface area (Å²) < 4.78 is 28.5. The molecule has 7 rings (SSSR count). The fourth-order valence-electron chi connectivity index (χ4n) is 11.3. The van der Waals surface area contributed by atoms with E-state index >= 15 is 0 Å². The summed E-state index contributed by atoms with van der Waals surface area (Å²) in [7, 11) is 0. The molecule has 0 radical (unpaired) electrons. The van der Waals surface area contributed by atoms with Crippen LogP contribution in [0.25, 0.3) is 0 Å². The van der Waals surface area contributed by atoms with Gasteiger partial charge in [0.1, 0.15) is 55.6 Å². The SMILES string of the molecule is C[C@@H]1O[C@@H](O[C@H]2CC[C@@]3(C=O)[C@@H](CC[C@H]4[C@H]3CC[C@]3(C)[C@H](C5=CC(=O)OC5)[C@@H](O)C[C@]43O)C2)[C@H](O)[C@H](O)[C@H]1O[C@@H]1O[C@H](CO)[C@@H](O)[C@H](O)[C@@H]1O. The van der Waals surface area contributed by atoms with Gasteiger partial charge in [-0.1, -0.05) is 6.92 Å². The molecule has 3 heterocycles. The first-order valence-electron chi connectivity index (χ1n) is 18.1. The van der Waals surface area contributed by atoms with Gasteiger partial charge < -0.3 is 69.3 Å². The van der Waals surface area contributed by atoms with E-state index in [4.69, 9.17) is 23.7 Å². The Kier molecular flexibility index (Phi) is 9.82. The van der Waals surface area contributed by atoms with Crippen LogP contribution in [0.4, 0.5) is 0 Å². The molecular weight excluding hydrogens is 660 g/mol. The molecule has 2 saturated heterocycles. The molecule has 19 atom stereocenters. The summed E-state index contributed by atoms with van der Waals surface area (Å²) >= 11 is 0. The minimum atomic E-state index is -1.70. The second kappa shape index (κ2) is 13.4. The number of ether oxygens (including phenoxy) is 5. The van der Waals surface area contributed by atoms with Crippen molar-refractivity contribution in [2.24, 2.45) is 34.5 Å². The van der Waals surface area contributed by atoms with Crippen LogP contribution < -0.4 is 0 Å². The van der Waals surface area contributed by atoms with Gasteiger partial charge in [0.05, 0.1) is 30.5 Å². The molecule has 0 aromatic rings. The van der Waals surface area contributed by atoms with Crippen molar-refractivity contribution in [3.8, 4) is 0 Å². The molecule has 0 spiro atoms. The summed E-state index contributed by atoms with van der Waals surface area (Å²) in [6.07, 6.45) is -8.56. The van der Waals surface area contributed by atoms with Crippen LogP contribution in [0, 0.1) is 34.5 Å². The average molecular weight is 713 g/mol. The Bertz CT molecular complexity index is 1330. The molecule has 0 aromatic heterocycles. The van der Waals surface area contributed by atoms with Crippen molar-refractivity contribution in [1.82, 2.24) is 0 Å². The number of aliphatic hydroxyl groups is 8. The van der Waals surface area contributed by atoms with Crippen molar-refractivity contribution in [3.63, 3.8) is 0 Å². The number of aliphatic hydroxyl groups excluding tert-OH is 7. The number of hydrogen-bond acceptors (Lipinski definition) is 15. The van der Waals surface area contributed by atoms with E-state index in [0.29, 0.717) is 50.5 Å². The first-order valence-corrected chi connectivity index (χ1v) is 18.1. The Hall–Kier alpha value is -1.60. The molecule has 0 amide bonds. The van der Waals surface area contributed by atoms with Crippen molar-refractivity contribution >= 4 is 12.3 Å². The zero-order valence-corrected chi connectivity index (χ0v) is 28.4. The molecule has 15 nitrogen and oxygen atoms in total. The van der Waals surface area contributed by atoms with E-state index in [1.54, 1.807) is 6.92 Å². The van der Waals surface area contributed by atoms with Crippen LogP contribution in [-0.2, 0) is 33.3 Å². The van der Waals surface area contributed by atoms with Crippen molar-refractivity contribution in [2.75, 3.05) is 13.2 Å². The summed E-state index contributed by atoms with van der Waals surface area (Å²) in [5, 5.41) is 86.0. The fraction of sp³-hybridized carbons (Fsp3) is 0.886. The van der Waals surface area contributed by atoms with E-state index in [-0.39, 0.29) is 30.8 Å². The molecule has 7 aliphatic rings. The van der Waals surface area contributed by atoms with E-state index < -0.39 is 109 Å². The largest absolute Gasteiger partial charge is 0.458 e. The van der Waals surface area contributed by atoms with E-state index in [1.165, 1.54) is 6.08 Å². The van der Waals surface area contributed by atoms with Crippen LogP contribution in [0.1, 0.15) is 65.2 Å². The summed E-state index contributed by atoms with van der Waals surface area (Å²) in [5.74, 6) is -1.20. The molecule has 4 aliphatic carbocycles. The van der Waals surface area contributed by atoms with Crippen molar-refractivity contribution < 1.29 is 74.1 Å². The molecule has 0 unspecified atom stereocenters. The Morgan fingerprint density at radius 3 is 2.30 bits per heavy atom. The first kappa shape index (κ1) is 36.7. The van der Waals surface area contributed by atoms with Crippen molar-refractivity contribution in [3.05, 3.63) is 11.6 Å². The van der Waals surface area contributed by atoms with Gasteiger partial charge in [-0.2, -0.15) is 0 Å². The fourth-order valence-corrected chi connectivity index (χ4v) is 11.3. The maximum Gasteiger partial charge on any atom is 0.331 e. The summed E-state index contributed by atoms with van der Waals surface area (Å²) in [6, 6.07) is 0. The molecule has 15 heteroatoms. The smallest absolute Gasteiger partial charge is 0.331 e. The van der Waals surface area contributed by atoms with Crippen molar-refractivity contribution in [2.45, 2.75) is 144 Å². The highest BCUT2D eigenvalue weighted by atomic mass is 16.7. The molecule has 0 bridgehead atoms. The second-order valence-corrected chi connectivity index (χ2v) is 16.2. The number of cyclic esters (lactones) is 1. The Morgan fingerprint density at radius 2 is 1.62 bits per heavy atom. The molecule has 4 saturated carbocycles. The summed E-state index contributed by atoms with van der Waals surface area (Å²) in [4.78, 5) is 25.0. The van der Waals surface area contributed by atoms with E-state index in [0.717, 1.165) is 6.29 Å². The van der Waals surface area contributed by atoms with E-state index in [1.807, 2.05) is 6.92 Å². The first-order chi connectivity index (χ1) is 23.7. The maximum atomic E-state index is 13.1. The lowest BCUT2D eigenvalue weighted by Gasteiger charge is -2.63. The monoisotopic (exact) mass is 712 g/mol. The molecule has 3 aliphatic heterocycles. The van der Waals surface area contributed by atoms with Gasteiger partial charge in [-0.05, 0) is 75.2 Å². The number of rotatable bonds is 7. The normalized spacial score (nSPS) is 55.0. The van der Waals surface area contributed by atoms with Gasteiger partial charge in [-0.15, -0.1) is 0 Å².